The standard InChI is InChI=1S/C12H16F3N3/c1-11(2)6-3-4-8(11)17-10-16-7-5-9(18-10)12(13,14)15/h5,7-8H,3-4,6H2,1-2H3,(H,16,17,18). The fourth-order valence-corrected chi connectivity index (χ4v) is 2.34. The number of hydrogen-bond donors (Lipinski definition) is 1. The summed E-state index contributed by atoms with van der Waals surface area (Å²) in [5, 5.41) is 3.02. The molecule has 0 saturated heterocycles. The van der Waals surface area contributed by atoms with Gasteiger partial charge in [-0.15, -0.1) is 0 Å². The molecule has 1 aromatic rings. The third kappa shape index (κ3) is 2.73. The number of halogens is 3. The molecule has 1 atom stereocenters. The fraction of sp³-hybridized carbons (Fsp3) is 0.667. The monoisotopic (exact) mass is 259 g/mol. The number of anilines is 1. The van der Waals surface area contributed by atoms with Crippen molar-refractivity contribution in [2.24, 2.45) is 5.41 Å². The van der Waals surface area contributed by atoms with E-state index in [0.29, 0.717) is 0 Å². The molecule has 1 heterocycles. The lowest BCUT2D eigenvalue weighted by Gasteiger charge is -2.27. The first-order valence-corrected chi connectivity index (χ1v) is 5.96. The number of nitrogens with zero attached hydrogens (tertiary/aromatic N) is 2. The Morgan fingerprint density at radius 3 is 2.67 bits per heavy atom. The molecule has 1 aromatic heterocycles. The summed E-state index contributed by atoms with van der Waals surface area (Å²) in [4.78, 5) is 7.39. The van der Waals surface area contributed by atoms with Crippen molar-refractivity contribution in [3.05, 3.63) is 18.0 Å². The van der Waals surface area contributed by atoms with E-state index in [4.69, 9.17) is 0 Å². The van der Waals surface area contributed by atoms with Gasteiger partial charge in [-0.3, -0.25) is 0 Å². The predicted octanol–water partition coefficient (Wildman–Crippen LogP) is 3.49. The SMILES string of the molecule is CC1(C)CCCC1Nc1nccc(C(F)(F)F)n1. The van der Waals surface area contributed by atoms with E-state index in [2.05, 4.69) is 29.1 Å². The first kappa shape index (κ1) is 13.1. The quantitative estimate of drug-likeness (QED) is 0.883. The normalized spacial score (nSPS) is 23.1. The first-order chi connectivity index (χ1) is 8.29. The molecule has 1 N–H and O–H groups in total. The molecule has 6 heteroatoms. The zero-order valence-electron chi connectivity index (χ0n) is 10.4. The third-order valence-corrected chi connectivity index (χ3v) is 3.51. The summed E-state index contributed by atoms with van der Waals surface area (Å²) in [6.07, 6.45) is -0.218. The molecular weight excluding hydrogens is 243 g/mol. The largest absolute Gasteiger partial charge is 0.433 e. The van der Waals surface area contributed by atoms with E-state index in [1.807, 2.05) is 0 Å². The average Bonchev–Trinajstić information content (AvgIpc) is 2.58. The second kappa shape index (κ2) is 4.40. The van der Waals surface area contributed by atoms with Gasteiger partial charge in [-0.05, 0) is 24.3 Å². The summed E-state index contributed by atoms with van der Waals surface area (Å²) in [5.74, 6) is 0.0600. The van der Waals surface area contributed by atoms with Crippen LogP contribution in [0.2, 0.25) is 0 Å². The average molecular weight is 259 g/mol. The number of nitrogens with one attached hydrogen (secondary N) is 1. The molecule has 18 heavy (non-hydrogen) atoms. The highest BCUT2D eigenvalue weighted by Crippen LogP contribution is 2.38. The maximum absolute atomic E-state index is 12.5. The van der Waals surface area contributed by atoms with Crippen LogP contribution in [0.3, 0.4) is 0 Å². The smallest absolute Gasteiger partial charge is 0.351 e. The number of aromatic nitrogens is 2. The Balaban J connectivity index is 2.15. The Hall–Kier alpha value is -1.33. The van der Waals surface area contributed by atoms with Gasteiger partial charge in [0.25, 0.3) is 0 Å². The minimum atomic E-state index is -4.43. The van der Waals surface area contributed by atoms with Gasteiger partial charge in [0, 0.05) is 12.2 Å². The molecule has 0 amide bonds. The minimum Gasteiger partial charge on any atom is -0.351 e. The summed E-state index contributed by atoms with van der Waals surface area (Å²) < 4.78 is 37.5. The maximum Gasteiger partial charge on any atom is 0.433 e. The molecular formula is C12H16F3N3. The molecule has 0 bridgehead atoms. The second-order valence-electron chi connectivity index (χ2n) is 5.34. The summed E-state index contributed by atoms with van der Waals surface area (Å²) in [7, 11) is 0. The molecule has 1 fully saturated rings. The van der Waals surface area contributed by atoms with Gasteiger partial charge >= 0.3 is 6.18 Å². The van der Waals surface area contributed by atoms with Crippen LogP contribution in [0.15, 0.2) is 12.3 Å². The number of alkyl halides is 3. The number of hydrogen-bond acceptors (Lipinski definition) is 3. The van der Waals surface area contributed by atoms with Crippen molar-refractivity contribution < 1.29 is 13.2 Å². The van der Waals surface area contributed by atoms with E-state index in [0.717, 1.165) is 31.5 Å². The summed E-state index contributed by atoms with van der Waals surface area (Å²) in [5.41, 5.74) is -0.840. The zero-order chi connectivity index (χ0) is 13.4. The van der Waals surface area contributed by atoms with E-state index in [9.17, 15) is 13.2 Å². The van der Waals surface area contributed by atoms with Crippen LogP contribution in [-0.4, -0.2) is 16.0 Å². The van der Waals surface area contributed by atoms with Gasteiger partial charge in [-0.1, -0.05) is 20.3 Å². The molecule has 0 aliphatic heterocycles. The van der Waals surface area contributed by atoms with Crippen LogP contribution in [0.1, 0.15) is 38.8 Å². The van der Waals surface area contributed by atoms with Crippen LogP contribution in [0, 0.1) is 5.41 Å². The van der Waals surface area contributed by atoms with Crippen molar-refractivity contribution in [3.63, 3.8) is 0 Å². The molecule has 3 nitrogen and oxygen atoms in total. The van der Waals surface area contributed by atoms with E-state index in [1.54, 1.807) is 0 Å². The summed E-state index contributed by atoms with van der Waals surface area (Å²) in [6.45, 7) is 4.20. The summed E-state index contributed by atoms with van der Waals surface area (Å²) >= 11 is 0. The third-order valence-electron chi connectivity index (χ3n) is 3.51. The van der Waals surface area contributed by atoms with Gasteiger partial charge < -0.3 is 5.32 Å². The maximum atomic E-state index is 12.5. The van der Waals surface area contributed by atoms with Crippen LogP contribution in [0.4, 0.5) is 19.1 Å². The van der Waals surface area contributed by atoms with Crippen molar-refractivity contribution in [2.75, 3.05) is 5.32 Å². The van der Waals surface area contributed by atoms with Crippen molar-refractivity contribution in [2.45, 2.75) is 45.3 Å². The van der Waals surface area contributed by atoms with E-state index in [-0.39, 0.29) is 17.4 Å². The van der Waals surface area contributed by atoms with Crippen molar-refractivity contribution in [1.82, 2.24) is 9.97 Å². The summed E-state index contributed by atoms with van der Waals surface area (Å²) in [6, 6.07) is 1.01. The molecule has 1 aliphatic carbocycles. The molecule has 1 unspecified atom stereocenters. The van der Waals surface area contributed by atoms with Crippen LogP contribution in [0.5, 0.6) is 0 Å². The molecule has 1 saturated carbocycles. The van der Waals surface area contributed by atoms with Crippen LogP contribution >= 0.6 is 0 Å². The first-order valence-electron chi connectivity index (χ1n) is 5.96. The van der Waals surface area contributed by atoms with E-state index < -0.39 is 11.9 Å². The lowest BCUT2D eigenvalue weighted by molar-refractivity contribution is -0.141. The van der Waals surface area contributed by atoms with E-state index in [1.165, 1.54) is 0 Å². The Morgan fingerprint density at radius 1 is 1.39 bits per heavy atom. The zero-order valence-corrected chi connectivity index (χ0v) is 10.4. The topological polar surface area (TPSA) is 37.8 Å². The highest BCUT2D eigenvalue weighted by Gasteiger charge is 2.36. The van der Waals surface area contributed by atoms with Crippen molar-refractivity contribution in [3.8, 4) is 0 Å². The highest BCUT2D eigenvalue weighted by molar-refractivity contribution is 5.29. The lowest BCUT2D eigenvalue weighted by Crippen LogP contribution is -2.31. The van der Waals surface area contributed by atoms with Gasteiger partial charge in [0.1, 0.15) is 5.69 Å². The minimum absolute atomic E-state index is 0.0600. The van der Waals surface area contributed by atoms with Crippen LogP contribution in [-0.2, 0) is 6.18 Å². The molecule has 0 spiro atoms. The molecule has 0 radical (unpaired) electrons. The molecule has 2 rings (SSSR count). The van der Waals surface area contributed by atoms with Gasteiger partial charge in [0.05, 0.1) is 0 Å². The number of rotatable bonds is 2. The molecule has 100 valence electrons. The van der Waals surface area contributed by atoms with Crippen LogP contribution < -0.4 is 5.32 Å². The predicted molar refractivity (Wildman–Crippen MR) is 62.1 cm³/mol. The Morgan fingerprint density at radius 2 is 2.11 bits per heavy atom. The van der Waals surface area contributed by atoms with Gasteiger partial charge in [-0.2, -0.15) is 13.2 Å². The fourth-order valence-electron chi connectivity index (χ4n) is 2.34. The lowest BCUT2D eigenvalue weighted by atomic mass is 9.87. The van der Waals surface area contributed by atoms with E-state index >= 15 is 0 Å². The second-order valence-corrected chi connectivity index (χ2v) is 5.34. The van der Waals surface area contributed by atoms with Crippen molar-refractivity contribution in [1.29, 1.82) is 0 Å². The Kier molecular flexibility index (Phi) is 3.21. The van der Waals surface area contributed by atoms with Crippen LogP contribution in [0.25, 0.3) is 0 Å². The molecule has 0 aromatic carbocycles. The molecule has 1 aliphatic rings. The van der Waals surface area contributed by atoms with Crippen molar-refractivity contribution >= 4 is 5.95 Å². The van der Waals surface area contributed by atoms with Gasteiger partial charge in [-0.25, -0.2) is 9.97 Å². The highest BCUT2D eigenvalue weighted by atomic mass is 19.4. The van der Waals surface area contributed by atoms with Gasteiger partial charge in [0.15, 0.2) is 0 Å². The Labute approximate surface area is 104 Å². The van der Waals surface area contributed by atoms with Gasteiger partial charge in [0.2, 0.25) is 5.95 Å². The Bertz CT molecular complexity index is 429.